The van der Waals surface area contributed by atoms with Gasteiger partial charge in [0, 0.05) is 12.1 Å². The minimum atomic E-state index is -0.862. The molecule has 16 heavy (non-hydrogen) atoms. The second-order valence-electron chi connectivity index (χ2n) is 5.04. The van der Waals surface area contributed by atoms with Crippen LogP contribution in [-0.4, -0.2) is 41.3 Å². The highest BCUT2D eigenvalue weighted by Crippen LogP contribution is 2.45. The van der Waals surface area contributed by atoms with Crippen LogP contribution in [-0.2, 0) is 9.53 Å². The van der Waals surface area contributed by atoms with Gasteiger partial charge in [-0.3, -0.25) is 4.79 Å². The van der Waals surface area contributed by atoms with Crippen LogP contribution in [0.5, 0.6) is 0 Å². The van der Waals surface area contributed by atoms with Crippen LogP contribution < -0.4 is 0 Å². The van der Waals surface area contributed by atoms with Crippen molar-refractivity contribution in [2.75, 3.05) is 7.11 Å². The lowest BCUT2D eigenvalue weighted by atomic mass is 9.76. The Labute approximate surface area is 94.4 Å². The lowest BCUT2D eigenvalue weighted by molar-refractivity contribution is -0.156. The second kappa shape index (κ2) is 3.64. The van der Waals surface area contributed by atoms with Gasteiger partial charge in [-0.2, -0.15) is 0 Å². The van der Waals surface area contributed by atoms with E-state index in [0.717, 1.165) is 12.8 Å². The summed E-state index contributed by atoms with van der Waals surface area (Å²) in [7, 11) is 1.39. The van der Waals surface area contributed by atoms with Gasteiger partial charge >= 0.3 is 12.1 Å². The van der Waals surface area contributed by atoms with Gasteiger partial charge in [0.2, 0.25) is 0 Å². The van der Waals surface area contributed by atoms with Crippen molar-refractivity contribution in [2.45, 2.75) is 44.7 Å². The summed E-state index contributed by atoms with van der Waals surface area (Å²) in [5.74, 6) is -0.213. The van der Waals surface area contributed by atoms with Crippen LogP contribution in [0.1, 0.15) is 32.6 Å². The summed E-state index contributed by atoms with van der Waals surface area (Å²) in [6, 6.07) is -0.0271. The van der Waals surface area contributed by atoms with Crippen molar-refractivity contribution in [2.24, 2.45) is 5.41 Å². The van der Waals surface area contributed by atoms with Crippen LogP contribution in [0.15, 0.2) is 0 Å². The molecule has 1 N–H and O–H groups in total. The van der Waals surface area contributed by atoms with Crippen molar-refractivity contribution in [3.8, 4) is 0 Å². The number of carbonyl (C=O) groups is 2. The molecule has 0 aliphatic carbocycles. The van der Waals surface area contributed by atoms with Gasteiger partial charge in [-0.15, -0.1) is 0 Å². The standard InChI is InChI=1S/C11H17NO4/c1-11(9(13)16-2)5-7-3-4-8(6-11)12(7)10(14)15/h7-8H,3-6H2,1-2H3,(H,14,15). The number of esters is 1. The summed E-state index contributed by atoms with van der Waals surface area (Å²) in [5.41, 5.74) is -0.507. The van der Waals surface area contributed by atoms with E-state index in [0.29, 0.717) is 12.8 Å². The van der Waals surface area contributed by atoms with Crippen LogP contribution in [0.4, 0.5) is 4.79 Å². The zero-order valence-electron chi connectivity index (χ0n) is 9.60. The molecule has 0 aromatic carbocycles. The van der Waals surface area contributed by atoms with Crippen LogP contribution in [0.2, 0.25) is 0 Å². The number of carbonyl (C=O) groups excluding carboxylic acids is 1. The number of methoxy groups -OCH3 is 1. The summed E-state index contributed by atoms with van der Waals surface area (Å²) >= 11 is 0. The van der Waals surface area contributed by atoms with Crippen molar-refractivity contribution >= 4 is 12.1 Å². The number of ether oxygens (including phenoxy) is 1. The normalized spacial score (nSPS) is 37.2. The average molecular weight is 227 g/mol. The average Bonchev–Trinajstić information content (AvgIpc) is 2.51. The minimum Gasteiger partial charge on any atom is -0.469 e. The van der Waals surface area contributed by atoms with Crippen molar-refractivity contribution < 1.29 is 19.4 Å². The van der Waals surface area contributed by atoms with Crippen LogP contribution in [0, 0.1) is 5.41 Å². The summed E-state index contributed by atoms with van der Waals surface area (Å²) < 4.78 is 4.81. The maximum atomic E-state index is 11.7. The topological polar surface area (TPSA) is 66.8 Å². The molecule has 0 aromatic rings. The lowest BCUT2D eigenvalue weighted by Crippen LogP contribution is -2.51. The number of fused-ring (bicyclic) bond motifs is 2. The van der Waals surface area contributed by atoms with Crippen molar-refractivity contribution in [1.82, 2.24) is 4.90 Å². The lowest BCUT2D eigenvalue weighted by Gasteiger charge is -2.41. The van der Waals surface area contributed by atoms with Crippen molar-refractivity contribution in [1.29, 1.82) is 0 Å². The van der Waals surface area contributed by atoms with Gasteiger partial charge < -0.3 is 14.7 Å². The molecule has 5 nitrogen and oxygen atoms in total. The zero-order chi connectivity index (χ0) is 11.9. The minimum absolute atomic E-state index is 0.0136. The Morgan fingerprint density at radius 1 is 1.31 bits per heavy atom. The molecule has 2 saturated heterocycles. The third kappa shape index (κ3) is 1.54. The Hall–Kier alpha value is -1.26. The highest BCUT2D eigenvalue weighted by molar-refractivity contribution is 5.77. The first-order valence-electron chi connectivity index (χ1n) is 5.57. The molecule has 1 amide bonds. The number of rotatable bonds is 1. The second-order valence-corrected chi connectivity index (χ2v) is 5.04. The molecule has 90 valence electrons. The fourth-order valence-electron chi connectivity index (χ4n) is 3.21. The maximum absolute atomic E-state index is 11.7. The third-order valence-electron chi connectivity index (χ3n) is 3.89. The number of piperidine rings is 1. The molecule has 2 fully saturated rings. The molecule has 2 unspecified atom stereocenters. The first-order valence-corrected chi connectivity index (χ1v) is 5.57. The molecule has 2 heterocycles. The van der Waals surface area contributed by atoms with Crippen LogP contribution in [0.25, 0.3) is 0 Å². The molecule has 5 heteroatoms. The Balaban J connectivity index is 2.19. The Bertz CT molecular complexity index is 314. The molecule has 2 aliphatic rings. The number of nitrogens with zero attached hydrogens (tertiary/aromatic N) is 1. The van der Waals surface area contributed by atoms with Crippen LogP contribution >= 0.6 is 0 Å². The van der Waals surface area contributed by atoms with E-state index in [1.165, 1.54) is 12.0 Å². The Kier molecular flexibility index (Phi) is 2.56. The Morgan fingerprint density at radius 3 is 2.19 bits per heavy atom. The summed E-state index contributed by atoms with van der Waals surface area (Å²) in [4.78, 5) is 24.3. The fraction of sp³-hybridized carbons (Fsp3) is 0.818. The summed E-state index contributed by atoms with van der Waals surface area (Å²) in [5, 5.41) is 9.09. The fourth-order valence-corrected chi connectivity index (χ4v) is 3.21. The number of carboxylic acid groups (broad SMARTS) is 1. The number of amides is 1. The van der Waals surface area contributed by atoms with Gasteiger partial charge in [-0.1, -0.05) is 0 Å². The quantitative estimate of drug-likeness (QED) is 0.689. The third-order valence-corrected chi connectivity index (χ3v) is 3.89. The zero-order valence-corrected chi connectivity index (χ0v) is 9.60. The van der Waals surface area contributed by atoms with E-state index in [2.05, 4.69) is 0 Å². The van der Waals surface area contributed by atoms with Crippen molar-refractivity contribution in [3.63, 3.8) is 0 Å². The van der Waals surface area contributed by atoms with Crippen molar-refractivity contribution in [3.05, 3.63) is 0 Å². The molecule has 0 saturated carbocycles. The van der Waals surface area contributed by atoms with E-state index < -0.39 is 11.5 Å². The van der Waals surface area contributed by atoms with Crippen LogP contribution in [0.3, 0.4) is 0 Å². The van der Waals surface area contributed by atoms with E-state index in [1.807, 2.05) is 6.92 Å². The van der Waals surface area contributed by atoms with Gasteiger partial charge in [-0.05, 0) is 32.6 Å². The molecule has 2 aliphatic heterocycles. The van der Waals surface area contributed by atoms with Gasteiger partial charge in [0.15, 0.2) is 0 Å². The first kappa shape index (κ1) is 11.2. The smallest absolute Gasteiger partial charge is 0.407 e. The molecular weight excluding hydrogens is 210 g/mol. The predicted molar refractivity (Wildman–Crippen MR) is 56.0 cm³/mol. The molecule has 2 atom stereocenters. The van der Waals surface area contributed by atoms with E-state index >= 15 is 0 Å². The van der Waals surface area contributed by atoms with Gasteiger partial charge in [0.25, 0.3) is 0 Å². The molecule has 2 rings (SSSR count). The largest absolute Gasteiger partial charge is 0.469 e. The summed E-state index contributed by atoms with van der Waals surface area (Å²) in [6.07, 6.45) is 2.04. The highest BCUT2D eigenvalue weighted by atomic mass is 16.5. The first-order chi connectivity index (χ1) is 7.48. The number of hydrogen-bond acceptors (Lipinski definition) is 3. The predicted octanol–water partition coefficient (Wildman–Crippen LogP) is 1.47. The number of hydrogen-bond donors (Lipinski definition) is 1. The molecule has 0 aromatic heterocycles. The maximum Gasteiger partial charge on any atom is 0.407 e. The van der Waals surface area contributed by atoms with Gasteiger partial charge in [0.05, 0.1) is 12.5 Å². The van der Waals surface area contributed by atoms with E-state index in [-0.39, 0.29) is 18.1 Å². The molecular formula is C11H17NO4. The molecule has 0 radical (unpaired) electrons. The van der Waals surface area contributed by atoms with Gasteiger partial charge in [-0.25, -0.2) is 4.79 Å². The monoisotopic (exact) mass is 227 g/mol. The SMILES string of the molecule is COC(=O)C1(C)CC2CCC(C1)N2C(=O)O. The van der Waals surface area contributed by atoms with Gasteiger partial charge in [0.1, 0.15) is 0 Å². The Morgan fingerprint density at radius 2 is 1.81 bits per heavy atom. The highest BCUT2D eigenvalue weighted by Gasteiger charge is 2.51. The molecule has 2 bridgehead atoms. The summed E-state index contributed by atoms with van der Waals surface area (Å²) in [6.45, 7) is 1.88. The van der Waals surface area contributed by atoms with E-state index in [1.54, 1.807) is 0 Å². The molecule has 0 spiro atoms. The van der Waals surface area contributed by atoms with E-state index in [4.69, 9.17) is 9.84 Å². The van der Waals surface area contributed by atoms with E-state index in [9.17, 15) is 9.59 Å².